The van der Waals surface area contributed by atoms with E-state index in [0.717, 1.165) is 19.5 Å². The van der Waals surface area contributed by atoms with Crippen LogP contribution < -0.4 is 0 Å². The molecule has 3 nitrogen and oxygen atoms in total. The van der Waals surface area contributed by atoms with Gasteiger partial charge < -0.3 is 14.4 Å². The molecule has 17 heavy (non-hydrogen) atoms. The standard InChI is InChI=1S/C14H21NO2/c1-15-10-9-14(17-3,13(11-15)16-2)12-7-5-4-6-8-12/h4-8,13H,9-11H2,1-3H3/t13-,14-/m0/s1. The summed E-state index contributed by atoms with van der Waals surface area (Å²) in [7, 11) is 5.67. The van der Waals surface area contributed by atoms with Gasteiger partial charge in [-0.1, -0.05) is 30.3 Å². The quantitative estimate of drug-likeness (QED) is 0.798. The number of ether oxygens (including phenoxy) is 2. The molecule has 94 valence electrons. The van der Waals surface area contributed by atoms with Crippen LogP contribution in [0.25, 0.3) is 0 Å². The average Bonchev–Trinajstić information content (AvgIpc) is 2.40. The van der Waals surface area contributed by atoms with E-state index in [1.165, 1.54) is 5.56 Å². The van der Waals surface area contributed by atoms with Gasteiger partial charge in [0.05, 0.1) is 0 Å². The number of hydrogen-bond donors (Lipinski definition) is 0. The Morgan fingerprint density at radius 2 is 1.94 bits per heavy atom. The van der Waals surface area contributed by atoms with E-state index in [-0.39, 0.29) is 11.7 Å². The fourth-order valence-electron chi connectivity index (χ4n) is 2.71. The number of likely N-dealkylation sites (N-methyl/N-ethyl adjacent to an activating group) is 1. The van der Waals surface area contributed by atoms with Crippen LogP contribution in [0.4, 0.5) is 0 Å². The summed E-state index contributed by atoms with van der Waals surface area (Å²) in [4.78, 5) is 2.29. The lowest BCUT2D eigenvalue weighted by Gasteiger charge is -2.45. The van der Waals surface area contributed by atoms with Crippen molar-refractivity contribution in [2.24, 2.45) is 0 Å². The molecule has 0 N–H and O–H groups in total. The van der Waals surface area contributed by atoms with Crippen molar-refractivity contribution < 1.29 is 9.47 Å². The molecular weight excluding hydrogens is 214 g/mol. The highest BCUT2D eigenvalue weighted by molar-refractivity contribution is 5.25. The Morgan fingerprint density at radius 3 is 2.53 bits per heavy atom. The van der Waals surface area contributed by atoms with Gasteiger partial charge in [0.25, 0.3) is 0 Å². The molecule has 0 bridgehead atoms. The van der Waals surface area contributed by atoms with Crippen LogP contribution in [0.15, 0.2) is 30.3 Å². The van der Waals surface area contributed by atoms with E-state index in [1.807, 2.05) is 6.07 Å². The van der Waals surface area contributed by atoms with E-state index in [1.54, 1.807) is 14.2 Å². The van der Waals surface area contributed by atoms with Crippen LogP contribution in [0, 0.1) is 0 Å². The van der Waals surface area contributed by atoms with Gasteiger partial charge in [-0.2, -0.15) is 0 Å². The number of benzene rings is 1. The van der Waals surface area contributed by atoms with Crippen molar-refractivity contribution in [3.63, 3.8) is 0 Å². The second-order valence-corrected chi connectivity index (χ2v) is 4.70. The number of hydrogen-bond acceptors (Lipinski definition) is 3. The second-order valence-electron chi connectivity index (χ2n) is 4.70. The van der Waals surface area contributed by atoms with E-state index in [4.69, 9.17) is 9.47 Å². The minimum Gasteiger partial charge on any atom is -0.377 e. The van der Waals surface area contributed by atoms with Gasteiger partial charge in [-0.25, -0.2) is 0 Å². The van der Waals surface area contributed by atoms with Crippen molar-refractivity contribution >= 4 is 0 Å². The highest BCUT2D eigenvalue weighted by Crippen LogP contribution is 2.37. The van der Waals surface area contributed by atoms with Crippen molar-refractivity contribution in [1.29, 1.82) is 0 Å². The molecule has 0 aromatic heterocycles. The third-order valence-electron chi connectivity index (χ3n) is 3.77. The highest BCUT2D eigenvalue weighted by atomic mass is 16.5. The molecule has 0 unspecified atom stereocenters. The summed E-state index contributed by atoms with van der Waals surface area (Å²) in [5.74, 6) is 0. The Hall–Kier alpha value is -0.900. The maximum Gasteiger partial charge on any atom is 0.121 e. The molecule has 2 rings (SSSR count). The molecule has 1 aliphatic rings. The first-order chi connectivity index (χ1) is 8.23. The number of likely N-dealkylation sites (tertiary alicyclic amines) is 1. The SMILES string of the molecule is CO[C@H]1CN(C)CC[C@]1(OC)c1ccccc1. The molecule has 0 saturated carbocycles. The predicted octanol–water partition coefficient (Wildman–Crippen LogP) is 1.88. The first kappa shape index (κ1) is 12.6. The Kier molecular flexibility index (Phi) is 3.82. The van der Waals surface area contributed by atoms with Crippen molar-refractivity contribution in [2.45, 2.75) is 18.1 Å². The van der Waals surface area contributed by atoms with Gasteiger partial charge in [-0.3, -0.25) is 0 Å². The van der Waals surface area contributed by atoms with E-state index in [2.05, 4.69) is 36.2 Å². The van der Waals surface area contributed by atoms with Crippen molar-refractivity contribution in [3.05, 3.63) is 35.9 Å². The fraction of sp³-hybridized carbons (Fsp3) is 0.571. The van der Waals surface area contributed by atoms with Crippen LogP contribution in [0.3, 0.4) is 0 Å². The maximum absolute atomic E-state index is 5.86. The lowest BCUT2D eigenvalue weighted by molar-refractivity contribution is -0.156. The molecule has 1 saturated heterocycles. The molecule has 0 spiro atoms. The van der Waals surface area contributed by atoms with Gasteiger partial charge in [-0.15, -0.1) is 0 Å². The van der Waals surface area contributed by atoms with Gasteiger partial charge in [0.1, 0.15) is 11.7 Å². The van der Waals surface area contributed by atoms with Crippen LogP contribution in [0.1, 0.15) is 12.0 Å². The van der Waals surface area contributed by atoms with E-state index in [0.29, 0.717) is 0 Å². The summed E-state index contributed by atoms with van der Waals surface area (Å²) in [6.07, 6.45) is 1.04. The topological polar surface area (TPSA) is 21.7 Å². The van der Waals surface area contributed by atoms with E-state index >= 15 is 0 Å². The van der Waals surface area contributed by atoms with Gasteiger partial charge >= 0.3 is 0 Å². The van der Waals surface area contributed by atoms with Gasteiger partial charge in [0.15, 0.2) is 0 Å². The number of rotatable bonds is 3. The minimum atomic E-state index is -0.303. The van der Waals surface area contributed by atoms with Crippen LogP contribution in [0.5, 0.6) is 0 Å². The highest BCUT2D eigenvalue weighted by Gasteiger charge is 2.44. The molecule has 1 aromatic carbocycles. The zero-order valence-electron chi connectivity index (χ0n) is 10.8. The first-order valence-corrected chi connectivity index (χ1v) is 6.05. The zero-order valence-corrected chi connectivity index (χ0v) is 10.8. The summed E-state index contributed by atoms with van der Waals surface area (Å²) in [5.41, 5.74) is 0.908. The average molecular weight is 235 g/mol. The van der Waals surface area contributed by atoms with E-state index < -0.39 is 0 Å². The Balaban J connectivity index is 2.35. The summed E-state index contributed by atoms with van der Waals surface area (Å²) < 4.78 is 11.5. The van der Waals surface area contributed by atoms with Crippen LogP contribution in [0.2, 0.25) is 0 Å². The summed E-state index contributed by atoms with van der Waals surface area (Å²) >= 11 is 0. The third kappa shape index (κ3) is 2.23. The van der Waals surface area contributed by atoms with Crippen molar-refractivity contribution in [1.82, 2.24) is 4.90 Å². The molecule has 0 aliphatic carbocycles. The molecular formula is C14H21NO2. The number of methoxy groups -OCH3 is 2. The largest absolute Gasteiger partial charge is 0.377 e. The normalized spacial score (nSPS) is 30.4. The van der Waals surface area contributed by atoms with E-state index in [9.17, 15) is 0 Å². The smallest absolute Gasteiger partial charge is 0.121 e. The molecule has 1 fully saturated rings. The Labute approximate surface area is 103 Å². The third-order valence-corrected chi connectivity index (χ3v) is 3.77. The molecule has 3 heteroatoms. The summed E-state index contributed by atoms with van der Waals surface area (Å²) in [5, 5.41) is 0. The molecule has 1 aromatic rings. The maximum atomic E-state index is 5.86. The van der Waals surface area contributed by atoms with Crippen molar-refractivity contribution in [2.75, 3.05) is 34.4 Å². The first-order valence-electron chi connectivity index (χ1n) is 6.05. The number of nitrogens with zero attached hydrogens (tertiary/aromatic N) is 1. The molecule has 0 radical (unpaired) electrons. The van der Waals surface area contributed by atoms with Crippen LogP contribution in [-0.4, -0.2) is 45.4 Å². The molecule has 2 atom stereocenters. The van der Waals surface area contributed by atoms with Crippen LogP contribution >= 0.6 is 0 Å². The summed E-state index contributed by atoms with van der Waals surface area (Å²) in [6.45, 7) is 1.93. The van der Waals surface area contributed by atoms with Crippen LogP contribution in [-0.2, 0) is 15.1 Å². The molecule has 1 aliphatic heterocycles. The second kappa shape index (κ2) is 5.17. The van der Waals surface area contributed by atoms with Gasteiger partial charge in [-0.05, 0) is 19.0 Å². The Morgan fingerprint density at radius 1 is 1.24 bits per heavy atom. The Bertz CT molecular complexity index is 354. The van der Waals surface area contributed by atoms with Gasteiger partial charge in [0, 0.05) is 27.3 Å². The minimum absolute atomic E-state index is 0.0775. The summed E-state index contributed by atoms with van der Waals surface area (Å²) in [6, 6.07) is 10.4. The predicted molar refractivity (Wildman–Crippen MR) is 68.0 cm³/mol. The lowest BCUT2D eigenvalue weighted by atomic mass is 9.82. The monoisotopic (exact) mass is 235 g/mol. The molecule has 0 amide bonds. The lowest BCUT2D eigenvalue weighted by Crippen LogP contribution is -2.54. The van der Waals surface area contributed by atoms with Crippen molar-refractivity contribution in [3.8, 4) is 0 Å². The fourth-order valence-corrected chi connectivity index (χ4v) is 2.71. The van der Waals surface area contributed by atoms with Gasteiger partial charge in [0.2, 0.25) is 0 Å². The molecule has 1 heterocycles. The number of piperidine rings is 1. The zero-order chi connectivity index (χ0) is 12.3.